The molecule has 1 amide bonds. The van der Waals surface area contributed by atoms with Crippen molar-refractivity contribution in [1.29, 1.82) is 0 Å². The van der Waals surface area contributed by atoms with Crippen LogP contribution in [0.1, 0.15) is 45.6 Å². The predicted molar refractivity (Wildman–Crippen MR) is 76.9 cm³/mol. The van der Waals surface area contributed by atoms with Gasteiger partial charge in [-0.3, -0.25) is 4.79 Å². The highest BCUT2D eigenvalue weighted by molar-refractivity contribution is 5.94. The molecule has 3 nitrogen and oxygen atoms in total. The van der Waals surface area contributed by atoms with Crippen LogP contribution in [0.3, 0.4) is 0 Å². The standard InChI is InChI=1S/C15H24N2O/c1-5-10-16-12(4)15(18)17-14-8-6-13(7-9-14)11(2)3/h6-9,11-12,16H,5,10H2,1-4H3,(H,17,18). The molecule has 0 spiro atoms. The van der Waals surface area contributed by atoms with Crippen molar-refractivity contribution in [3.05, 3.63) is 29.8 Å². The van der Waals surface area contributed by atoms with Gasteiger partial charge in [-0.1, -0.05) is 32.9 Å². The second kappa shape index (κ2) is 7.17. The fourth-order valence-electron chi connectivity index (χ4n) is 1.66. The van der Waals surface area contributed by atoms with Gasteiger partial charge in [0, 0.05) is 5.69 Å². The Labute approximate surface area is 110 Å². The number of hydrogen-bond acceptors (Lipinski definition) is 2. The van der Waals surface area contributed by atoms with Crippen molar-refractivity contribution in [3.63, 3.8) is 0 Å². The van der Waals surface area contributed by atoms with Crippen LogP contribution in [0, 0.1) is 0 Å². The van der Waals surface area contributed by atoms with E-state index >= 15 is 0 Å². The fraction of sp³-hybridized carbons (Fsp3) is 0.533. The minimum Gasteiger partial charge on any atom is -0.325 e. The number of anilines is 1. The number of benzene rings is 1. The number of rotatable bonds is 6. The summed E-state index contributed by atoms with van der Waals surface area (Å²) in [6, 6.07) is 7.88. The van der Waals surface area contributed by atoms with Crippen LogP contribution in [0.25, 0.3) is 0 Å². The molecule has 0 aliphatic rings. The van der Waals surface area contributed by atoms with Crippen molar-refractivity contribution in [3.8, 4) is 0 Å². The van der Waals surface area contributed by atoms with Crippen molar-refractivity contribution in [1.82, 2.24) is 5.32 Å². The van der Waals surface area contributed by atoms with Gasteiger partial charge in [0.15, 0.2) is 0 Å². The molecule has 0 bridgehead atoms. The van der Waals surface area contributed by atoms with Gasteiger partial charge in [-0.25, -0.2) is 0 Å². The Morgan fingerprint density at radius 2 is 1.78 bits per heavy atom. The summed E-state index contributed by atoms with van der Waals surface area (Å²) in [5.74, 6) is 0.528. The van der Waals surface area contributed by atoms with E-state index in [1.54, 1.807) is 0 Å². The first kappa shape index (κ1) is 14.7. The van der Waals surface area contributed by atoms with Crippen molar-refractivity contribution in [2.75, 3.05) is 11.9 Å². The lowest BCUT2D eigenvalue weighted by Gasteiger charge is -2.14. The molecule has 0 saturated carbocycles. The third-order valence-electron chi connectivity index (χ3n) is 2.94. The van der Waals surface area contributed by atoms with Gasteiger partial charge < -0.3 is 10.6 Å². The first-order valence-corrected chi connectivity index (χ1v) is 6.68. The first-order chi connectivity index (χ1) is 8.54. The van der Waals surface area contributed by atoms with Crippen LogP contribution in [-0.2, 0) is 4.79 Å². The van der Waals surface area contributed by atoms with E-state index in [9.17, 15) is 4.79 Å². The molecule has 0 aliphatic heterocycles. The Morgan fingerprint density at radius 1 is 1.17 bits per heavy atom. The van der Waals surface area contributed by atoms with Crippen LogP contribution in [0.4, 0.5) is 5.69 Å². The first-order valence-electron chi connectivity index (χ1n) is 6.68. The Kier molecular flexibility index (Phi) is 5.86. The Morgan fingerprint density at radius 3 is 2.28 bits per heavy atom. The van der Waals surface area contributed by atoms with Crippen LogP contribution in [0.5, 0.6) is 0 Å². The summed E-state index contributed by atoms with van der Waals surface area (Å²) in [6.45, 7) is 9.14. The minimum absolute atomic E-state index is 0.0146. The van der Waals surface area contributed by atoms with Gasteiger partial charge in [-0.15, -0.1) is 0 Å². The highest BCUT2D eigenvalue weighted by Crippen LogP contribution is 2.17. The molecule has 3 heteroatoms. The zero-order chi connectivity index (χ0) is 13.5. The highest BCUT2D eigenvalue weighted by atomic mass is 16.2. The molecule has 2 N–H and O–H groups in total. The van der Waals surface area contributed by atoms with Crippen molar-refractivity contribution in [2.24, 2.45) is 0 Å². The van der Waals surface area contributed by atoms with E-state index in [1.165, 1.54) is 5.56 Å². The molecule has 1 aromatic carbocycles. The molecule has 0 saturated heterocycles. The molecule has 0 fully saturated rings. The molecule has 0 radical (unpaired) electrons. The SMILES string of the molecule is CCCNC(C)C(=O)Nc1ccc(C(C)C)cc1. The minimum atomic E-state index is -0.158. The van der Waals surface area contributed by atoms with E-state index in [-0.39, 0.29) is 11.9 Å². The molecule has 1 unspecified atom stereocenters. The Balaban J connectivity index is 2.53. The monoisotopic (exact) mass is 248 g/mol. The van der Waals surface area contributed by atoms with Gasteiger partial charge in [-0.2, -0.15) is 0 Å². The maximum atomic E-state index is 11.9. The number of nitrogens with one attached hydrogen (secondary N) is 2. The third kappa shape index (κ3) is 4.49. The second-order valence-electron chi connectivity index (χ2n) is 4.94. The summed E-state index contributed by atoms with van der Waals surface area (Å²) < 4.78 is 0. The maximum Gasteiger partial charge on any atom is 0.241 e. The Bertz CT molecular complexity index is 371. The smallest absolute Gasteiger partial charge is 0.241 e. The van der Waals surface area contributed by atoms with E-state index < -0.39 is 0 Å². The number of carbonyl (C=O) groups excluding carboxylic acids is 1. The van der Waals surface area contributed by atoms with Gasteiger partial charge in [0.2, 0.25) is 5.91 Å². The van der Waals surface area contributed by atoms with E-state index in [2.05, 4.69) is 43.5 Å². The average molecular weight is 248 g/mol. The number of amides is 1. The number of hydrogen-bond donors (Lipinski definition) is 2. The van der Waals surface area contributed by atoms with E-state index in [4.69, 9.17) is 0 Å². The maximum absolute atomic E-state index is 11.9. The Hall–Kier alpha value is -1.35. The van der Waals surface area contributed by atoms with Gasteiger partial charge in [0.1, 0.15) is 0 Å². The van der Waals surface area contributed by atoms with Gasteiger partial charge >= 0.3 is 0 Å². The molecule has 0 aromatic heterocycles. The van der Waals surface area contributed by atoms with Crippen LogP contribution in [0.2, 0.25) is 0 Å². The molecule has 18 heavy (non-hydrogen) atoms. The predicted octanol–water partition coefficient (Wildman–Crippen LogP) is 3.14. The molecule has 1 atom stereocenters. The van der Waals surface area contributed by atoms with Crippen molar-refractivity contribution < 1.29 is 4.79 Å². The third-order valence-corrected chi connectivity index (χ3v) is 2.94. The summed E-state index contributed by atoms with van der Waals surface area (Å²) in [7, 11) is 0. The zero-order valence-electron chi connectivity index (χ0n) is 11.8. The lowest BCUT2D eigenvalue weighted by atomic mass is 10.0. The molecule has 0 aliphatic carbocycles. The van der Waals surface area contributed by atoms with Crippen molar-refractivity contribution >= 4 is 11.6 Å². The fourth-order valence-corrected chi connectivity index (χ4v) is 1.66. The lowest BCUT2D eigenvalue weighted by molar-refractivity contribution is -0.117. The van der Waals surface area contributed by atoms with Gasteiger partial charge in [0.05, 0.1) is 6.04 Å². The highest BCUT2D eigenvalue weighted by Gasteiger charge is 2.11. The topological polar surface area (TPSA) is 41.1 Å². The van der Waals surface area contributed by atoms with Crippen molar-refractivity contribution in [2.45, 2.75) is 46.1 Å². The van der Waals surface area contributed by atoms with E-state index in [0.29, 0.717) is 5.92 Å². The quantitative estimate of drug-likeness (QED) is 0.812. The second-order valence-corrected chi connectivity index (χ2v) is 4.94. The largest absolute Gasteiger partial charge is 0.325 e. The molecular formula is C15H24N2O. The summed E-state index contributed by atoms with van der Waals surface area (Å²) in [5, 5.41) is 6.09. The van der Waals surface area contributed by atoms with Crippen LogP contribution < -0.4 is 10.6 Å². The molecule has 1 aromatic rings. The average Bonchev–Trinajstić information content (AvgIpc) is 2.36. The lowest BCUT2D eigenvalue weighted by Crippen LogP contribution is -2.38. The summed E-state index contributed by atoms with van der Waals surface area (Å²) >= 11 is 0. The van der Waals surface area contributed by atoms with E-state index in [0.717, 1.165) is 18.7 Å². The summed E-state index contributed by atoms with van der Waals surface area (Å²) in [4.78, 5) is 11.9. The molecule has 0 heterocycles. The zero-order valence-corrected chi connectivity index (χ0v) is 11.8. The van der Waals surface area contributed by atoms with Crippen LogP contribution in [0.15, 0.2) is 24.3 Å². The normalized spacial score (nSPS) is 12.5. The number of carbonyl (C=O) groups is 1. The van der Waals surface area contributed by atoms with Gasteiger partial charge in [-0.05, 0) is 43.5 Å². The molecular weight excluding hydrogens is 224 g/mol. The molecule has 1 rings (SSSR count). The summed E-state index contributed by atoms with van der Waals surface area (Å²) in [5.41, 5.74) is 2.14. The van der Waals surface area contributed by atoms with Crippen LogP contribution >= 0.6 is 0 Å². The molecule has 100 valence electrons. The van der Waals surface area contributed by atoms with Gasteiger partial charge in [0.25, 0.3) is 0 Å². The van der Waals surface area contributed by atoms with Crippen LogP contribution in [-0.4, -0.2) is 18.5 Å². The van der Waals surface area contributed by atoms with E-state index in [1.807, 2.05) is 19.1 Å². The summed E-state index contributed by atoms with van der Waals surface area (Å²) in [6.07, 6.45) is 1.03.